The van der Waals surface area contributed by atoms with Crippen LogP contribution < -0.4 is 5.32 Å². The summed E-state index contributed by atoms with van der Waals surface area (Å²) in [5.74, 6) is 2.47. The monoisotopic (exact) mass is 327 g/mol. The molecule has 23 heavy (non-hydrogen) atoms. The van der Waals surface area contributed by atoms with E-state index in [0.717, 1.165) is 23.5 Å². The maximum Gasteiger partial charge on any atom is 0.252 e. The van der Waals surface area contributed by atoms with Crippen molar-refractivity contribution < 1.29 is 0 Å². The predicted octanol–water partition coefficient (Wildman–Crippen LogP) is 2.30. The zero-order valence-electron chi connectivity index (χ0n) is 12.8. The molecule has 1 aliphatic carbocycles. The number of aromatic nitrogens is 6. The number of anilines is 1. The lowest BCUT2D eigenvalue weighted by Gasteiger charge is -2.15. The van der Waals surface area contributed by atoms with E-state index < -0.39 is 0 Å². The maximum atomic E-state index is 4.38. The van der Waals surface area contributed by atoms with E-state index in [1.54, 1.807) is 35.7 Å². The normalized spacial score (nSPS) is 15.7. The first kappa shape index (κ1) is 14.4. The van der Waals surface area contributed by atoms with Crippen LogP contribution in [-0.4, -0.2) is 46.8 Å². The molecule has 0 amide bonds. The first-order valence-electron chi connectivity index (χ1n) is 7.65. The van der Waals surface area contributed by atoms with Crippen LogP contribution in [-0.2, 0) is 0 Å². The van der Waals surface area contributed by atoms with Crippen LogP contribution in [0.1, 0.15) is 19.8 Å². The Kier molecular flexibility index (Phi) is 3.60. The lowest BCUT2D eigenvalue weighted by molar-refractivity contribution is 0.822. The highest BCUT2D eigenvalue weighted by Crippen LogP contribution is 2.48. The van der Waals surface area contributed by atoms with Crippen molar-refractivity contribution in [3.8, 4) is 5.95 Å². The summed E-state index contributed by atoms with van der Waals surface area (Å²) in [7, 11) is 0. The Hall–Kier alpha value is -2.22. The Morgan fingerprint density at radius 1 is 1.22 bits per heavy atom. The van der Waals surface area contributed by atoms with Crippen molar-refractivity contribution >= 4 is 28.6 Å². The smallest absolute Gasteiger partial charge is 0.252 e. The van der Waals surface area contributed by atoms with E-state index in [-0.39, 0.29) is 0 Å². The molecule has 1 saturated carbocycles. The molecule has 1 N–H and O–H groups in total. The van der Waals surface area contributed by atoms with Crippen LogP contribution in [0, 0.1) is 0 Å². The Labute approximate surface area is 138 Å². The molecule has 118 valence electrons. The molecule has 3 aromatic heterocycles. The molecule has 0 unspecified atom stereocenters. The molecule has 3 heterocycles. The van der Waals surface area contributed by atoms with Gasteiger partial charge in [-0.1, -0.05) is 6.92 Å². The molecule has 0 aromatic carbocycles. The molecule has 0 atom stereocenters. The maximum absolute atomic E-state index is 4.38. The first-order valence-corrected chi connectivity index (χ1v) is 8.64. The lowest BCUT2D eigenvalue weighted by Crippen LogP contribution is -2.19. The van der Waals surface area contributed by atoms with Crippen molar-refractivity contribution in [1.82, 2.24) is 29.7 Å². The van der Waals surface area contributed by atoms with Crippen LogP contribution in [0.3, 0.4) is 0 Å². The molecule has 4 rings (SSSR count). The SMILES string of the molecule is CCSC1(CNc2ncnc3c2cnn3-c2ncccn2)CC1. The number of thioether (sulfide) groups is 1. The fourth-order valence-corrected chi connectivity index (χ4v) is 3.77. The highest BCUT2D eigenvalue weighted by Gasteiger charge is 2.42. The van der Waals surface area contributed by atoms with Gasteiger partial charge in [-0.25, -0.2) is 19.9 Å². The number of fused-ring (bicyclic) bond motifs is 1. The number of nitrogens with zero attached hydrogens (tertiary/aromatic N) is 6. The summed E-state index contributed by atoms with van der Waals surface area (Å²) in [5.41, 5.74) is 0.710. The quantitative estimate of drug-likeness (QED) is 0.744. The second-order valence-electron chi connectivity index (χ2n) is 5.53. The Balaban J connectivity index is 1.63. The van der Waals surface area contributed by atoms with E-state index in [1.807, 2.05) is 11.8 Å². The van der Waals surface area contributed by atoms with Crippen molar-refractivity contribution in [3.63, 3.8) is 0 Å². The Bertz CT molecular complexity index is 813. The third-order valence-electron chi connectivity index (χ3n) is 3.94. The van der Waals surface area contributed by atoms with Gasteiger partial charge in [0, 0.05) is 23.7 Å². The van der Waals surface area contributed by atoms with Gasteiger partial charge < -0.3 is 5.32 Å². The summed E-state index contributed by atoms with van der Waals surface area (Å²) in [6.07, 6.45) is 9.23. The molecule has 0 spiro atoms. The average molecular weight is 327 g/mol. The van der Waals surface area contributed by atoms with Crippen molar-refractivity contribution in [1.29, 1.82) is 0 Å². The van der Waals surface area contributed by atoms with Gasteiger partial charge in [0.25, 0.3) is 5.95 Å². The van der Waals surface area contributed by atoms with Gasteiger partial charge in [0.15, 0.2) is 5.65 Å². The zero-order chi connectivity index (χ0) is 15.7. The highest BCUT2D eigenvalue weighted by atomic mass is 32.2. The molecule has 1 aliphatic rings. The topological polar surface area (TPSA) is 81.4 Å². The van der Waals surface area contributed by atoms with E-state index in [1.165, 1.54) is 12.8 Å². The van der Waals surface area contributed by atoms with Crippen molar-refractivity contribution in [2.24, 2.45) is 0 Å². The molecule has 3 aromatic rings. The summed E-state index contributed by atoms with van der Waals surface area (Å²) in [5, 5.41) is 8.73. The molecule has 0 radical (unpaired) electrons. The highest BCUT2D eigenvalue weighted by molar-refractivity contribution is 8.00. The van der Waals surface area contributed by atoms with Gasteiger partial charge in [0.2, 0.25) is 0 Å². The van der Waals surface area contributed by atoms with Gasteiger partial charge in [-0.05, 0) is 24.7 Å². The minimum atomic E-state index is 0.380. The van der Waals surface area contributed by atoms with Crippen LogP contribution >= 0.6 is 11.8 Å². The standard InChI is InChI=1S/C15H17N7S/c1-2-23-15(4-5-15)9-18-12-11-8-21-22(13(11)20-10-19-12)14-16-6-3-7-17-14/h3,6-8,10H,2,4-5,9H2,1H3,(H,18,19,20). The molecule has 1 fully saturated rings. The van der Waals surface area contributed by atoms with Gasteiger partial charge in [-0.3, -0.25) is 0 Å². The van der Waals surface area contributed by atoms with E-state index in [0.29, 0.717) is 16.3 Å². The summed E-state index contributed by atoms with van der Waals surface area (Å²) >= 11 is 2.02. The minimum Gasteiger partial charge on any atom is -0.368 e. The summed E-state index contributed by atoms with van der Waals surface area (Å²) in [4.78, 5) is 17.2. The van der Waals surface area contributed by atoms with Gasteiger partial charge in [-0.15, -0.1) is 0 Å². The third-order valence-corrected chi connectivity index (χ3v) is 5.40. The van der Waals surface area contributed by atoms with Crippen LogP contribution in [0.25, 0.3) is 17.0 Å². The largest absolute Gasteiger partial charge is 0.368 e. The first-order chi connectivity index (χ1) is 11.3. The van der Waals surface area contributed by atoms with Crippen LogP contribution in [0.2, 0.25) is 0 Å². The minimum absolute atomic E-state index is 0.380. The predicted molar refractivity (Wildman–Crippen MR) is 90.8 cm³/mol. The average Bonchev–Trinajstić information content (AvgIpc) is 3.21. The second kappa shape index (κ2) is 5.77. The fraction of sp³-hybridized carbons (Fsp3) is 0.400. The second-order valence-corrected chi connectivity index (χ2v) is 7.27. The third kappa shape index (κ3) is 2.74. The van der Waals surface area contributed by atoms with Crippen molar-refractivity contribution in [2.75, 3.05) is 17.6 Å². The van der Waals surface area contributed by atoms with E-state index in [4.69, 9.17) is 0 Å². The lowest BCUT2D eigenvalue weighted by atomic mass is 10.3. The summed E-state index contributed by atoms with van der Waals surface area (Å²) in [6.45, 7) is 3.13. The van der Waals surface area contributed by atoms with Crippen LogP contribution in [0.15, 0.2) is 31.0 Å². The Morgan fingerprint density at radius 3 is 2.78 bits per heavy atom. The molecule has 0 bridgehead atoms. The van der Waals surface area contributed by atoms with Gasteiger partial charge in [0.05, 0.1) is 11.6 Å². The van der Waals surface area contributed by atoms with Gasteiger partial charge >= 0.3 is 0 Å². The Morgan fingerprint density at radius 2 is 2.04 bits per heavy atom. The zero-order valence-corrected chi connectivity index (χ0v) is 13.6. The van der Waals surface area contributed by atoms with E-state index >= 15 is 0 Å². The van der Waals surface area contributed by atoms with Gasteiger partial charge in [-0.2, -0.15) is 21.5 Å². The molecular formula is C15H17N7S. The molecular weight excluding hydrogens is 310 g/mol. The summed E-state index contributed by atoms with van der Waals surface area (Å²) in [6, 6.07) is 1.78. The molecule has 0 aliphatic heterocycles. The molecule has 8 heteroatoms. The van der Waals surface area contributed by atoms with Crippen LogP contribution in [0.4, 0.5) is 5.82 Å². The summed E-state index contributed by atoms with van der Waals surface area (Å²) < 4.78 is 2.01. The molecule has 7 nitrogen and oxygen atoms in total. The van der Waals surface area contributed by atoms with Crippen molar-refractivity contribution in [3.05, 3.63) is 31.0 Å². The number of rotatable bonds is 6. The van der Waals surface area contributed by atoms with E-state index in [9.17, 15) is 0 Å². The number of hydrogen-bond acceptors (Lipinski definition) is 7. The number of hydrogen-bond donors (Lipinski definition) is 1. The molecule has 0 saturated heterocycles. The fourth-order valence-electron chi connectivity index (χ4n) is 2.59. The van der Waals surface area contributed by atoms with E-state index in [2.05, 4.69) is 37.3 Å². The van der Waals surface area contributed by atoms with Gasteiger partial charge in [0.1, 0.15) is 12.1 Å². The number of nitrogens with one attached hydrogen (secondary N) is 1. The van der Waals surface area contributed by atoms with Crippen LogP contribution in [0.5, 0.6) is 0 Å². The van der Waals surface area contributed by atoms with Crippen molar-refractivity contribution in [2.45, 2.75) is 24.5 Å².